The second kappa shape index (κ2) is 6.22. The first-order chi connectivity index (χ1) is 11.0. The number of carbonyl (C=O) groups is 1. The van der Waals surface area contributed by atoms with Crippen LogP contribution in [0.15, 0.2) is 22.9 Å². The van der Waals surface area contributed by atoms with Crippen molar-refractivity contribution in [2.24, 2.45) is 0 Å². The van der Waals surface area contributed by atoms with Gasteiger partial charge in [0.05, 0.1) is 12.0 Å². The van der Waals surface area contributed by atoms with Crippen molar-refractivity contribution in [3.8, 4) is 0 Å². The van der Waals surface area contributed by atoms with E-state index in [9.17, 15) is 4.79 Å². The predicted molar refractivity (Wildman–Crippen MR) is 88.4 cm³/mol. The molecule has 0 saturated carbocycles. The van der Waals surface area contributed by atoms with E-state index in [1.807, 2.05) is 51.1 Å². The molecule has 0 N–H and O–H groups in total. The number of imidazole rings is 1. The summed E-state index contributed by atoms with van der Waals surface area (Å²) in [5.74, 6) is 2.76. The summed E-state index contributed by atoms with van der Waals surface area (Å²) in [6.07, 6.45) is 5.97. The van der Waals surface area contributed by atoms with Gasteiger partial charge in [0.1, 0.15) is 17.3 Å². The van der Waals surface area contributed by atoms with Gasteiger partial charge in [0.25, 0.3) is 0 Å². The van der Waals surface area contributed by atoms with Crippen LogP contribution in [0, 0.1) is 20.8 Å². The molecule has 2 atom stereocenters. The second-order valence-corrected chi connectivity index (χ2v) is 6.55. The highest BCUT2D eigenvalue weighted by atomic mass is 16.3. The Kier molecular flexibility index (Phi) is 4.28. The number of likely N-dealkylation sites (tertiary alicyclic amines) is 1. The molecule has 0 unspecified atom stereocenters. The van der Waals surface area contributed by atoms with E-state index >= 15 is 0 Å². The minimum atomic E-state index is -0.157. The number of hydrogen-bond donors (Lipinski definition) is 0. The van der Waals surface area contributed by atoms with Gasteiger partial charge in [0.15, 0.2) is 0 Å². The minimum Gasteiger partial charge on any atom is -0.466 e. The lowest BCUT2D eigenvalue weighted by molar-refractivity contribution is -0.134. The maximum atomic E-state index is 12.9. The van der Waals surface area contributed by atoms with Crippen molar-refractivity contribution in [2.45, 2.75) is 52.5 Å². The molecule has 0 radical (unpaired) electrons. The molecular formula is C18H25N3O2. The van der Waals surface area contributed by atoms with Gasteiger partial charge in [-0.2, -0.15) is 0 Å². The first-order valence-electron chi connectivity index (χ1n) is 8.32. The van der Waals surface area contributed by atoms with Crippen LogP contribution in [0.4, 0.5) is 0 Å². The Bertz CT molecular complexity index is 701. The lowest BCUT2D eigenvalue weighted by atomic mass is 9.97. The zero-order valence-corrected chi connectivity index (χ0v) is 14.4. The predicted octanol–water partition coefficient (Wildman–Crippen LogP) is 3.37. The fraction of sp³-hybridized carbons (Fsp3) is 0.556. The van der Waals surface area contributed by atoms with Gasteiger partial charge in [-0.25, -0.2) is 4.98 Å². The Hall–Kier alpha value is -2.04. The highest BCUT2D eigenvalue weighted by Gasteiger charge is 2.30. The first-order valence-corrected chi connectivity index (χ1v) is 8.32. The minimum absolute atomic E-state index is 0.157. The normalized spacial score (nSPS) is 19.8. The van der Waals surface area contributed by atoms with Crippen molar-refractivity contribution < 1.29 is 9.21 Å². The van der Waals surface area contributed by atoms with Crippen LogP contribution < -0.4 is 0 Å². The number of rotatable bonds is 3. The van der Waals surface area contributed by atoms with Crippen LogP contribution in [0.5, 0.6) is 0 Å². The average molecular weight is 315 g/mol. The van der Waals surface area contributed by atoms with E-state index in [-0.39, 0.29) is 11.8 Å². The van der Waals surface area contributed by atoms with E-state index in [0.717, 1.165) is 48.8 Å². The van der Waals surface area contributed by atoms with E-state index in [2.05, 4.69) is 9.55 Å². The lowest BCUT2D eigenvalue weighted by Crippen LogP contribution is -2.42. The number of hydrogen-bond acceptors (Lipinski definition) is 3. The highest BCUT2D eigenvalue weighted by Crippen LogP contribution is 2.28. The standard InChI is InChI=1S/C18H25N3O2/c1-12-10-17(14(3)23-12)13(2)18(22)20-8-5-6-16(11-20)21-9-7-19-15(21)4/h7,9-10,13,16H,5-6,8,11H2,1-4H3/t13-,16+/m1/s1. The largest absolute Gasteiger partial charge is 0.466 e. The zero-order valence-electron chi connectivity index (χ0n) is 14.4. The van der Waals surface area contributed by atoms with Gasteiger partial charge in [-0.1, -0.05) is 0 Å². The Morgan fingerprint density at radius 2 is 2.17 bits per heavy atom. The fourth-order valence-corrected chi connectivity index (χ4v) is 3.64. The third-order valence-electron chi connectivity index (χ3n) is 4.88. The highest BCUT2D eigenvalue weighted by molar-refractivity contribution is 5.83. The molecule has 2 aromatic heterocycles. The molecule has 0 bridgehead atoms. The van der Waals surface area contributed by atoms with Gasteiger partial charge in [0, 0.05) is 31.0 Å². The van der Waals surface area contributed by atoms with Crippen LogP contribution in [0.25, 0.3) is 0 Å². The van der Waals surface area contributed by atoms with Crippen LogP contribution in [0.1, 0.15) is 54.6 Å². The quantitative estimate of drug-likeness (QED) is 0.872. The fourth-order valence-electron chi connectivity index (χ4n) is 3.64. The van der Waals surface area contributed by atoms with Crippen molar-refractivity contribution in [1.29, 1.82) is 0 Å². The lowest BCUT2D eigenvalue weighted by Gasteiger charge is -2.35. The Morgan fingerprint density at radius 1 is 1.39 bits per heavy atom. The van der Waals surface area contributed by atoms with E-state index in [1.165, 1.54) is 0 Å². The Balaban J connectivity index is 1.74. The summed E-state index contributed by atoms with van der Waals surface area (Å²) in [7, 11) is 0. The molecule has 1 aliphatic rings. The van der Waals surface area contributed by atoms with Gasteiger partial charge in [-0.05, 0) is 46.6 Å². The third-order valence-corrected chi connectivity index (χ3v) is 4.88. The number of amides is 1. The molecule has 0 aromatic carbocycles. The number of nitrogens with zero attached hydrogens (tertiary/aromatic N) is 3. The number of aromatic nitrogens is 2. The summed E-state index contributed by atoms with van der Waals surface area (Å²) >= 11 is 0. The van der Waals surface area contributed by atoms with Crippen molar-refractivity contribution in [3.05, 3.63) is 41.4 Å². The zero-order chi connectivity index (χ0) is 16.6. The molecule has 3 rings (SSSR count). The number of piperidine rings is 1. The van der Waals surface area contributed by atoms with Crippen LogP contribution in [0.3, 0.4) is 0 Å². The van der Waals surface area contributed by atoms with Crippen LogP contribution in [-0.2, 0) is 4.79 Å². The van der Waals surface area contributed by atoms with Crippen molar-refractivity contribution in [2.75, 3.05) is 13.1 Å². The van der Waals surface area contributed by atoms with Gasteiger partial charge < -0.3 is 13.9 Å². The van der Waals surface area contributed by atoms with Crippen molar-refractivity contribution in [3.63, 3.8) is 0 Å². The Morgan fingerprint density at radius 3 is 2.78 bits per heavy atom. The van der Waals surface area contributed by atoms with Crippen LogP contribution in [0.2, 0.25) is 0 Å². The summed E-state index contributed by atoms with van der Waals surface area (Å²) in [5.41, 5.74) is 1.01. The molecule has 1 aliphatic heterocycles. The van der Waals surface area contributed by atoms with Gasteiger partial charge in [-0.15, -0.1) is 0 Å². The molecule has 124 valence electrons. The second-order valence-electron chi connectivity index (χ2n) is 6.55. The van der Waals surface area contributed by atoms with E-state index in [4.69, 9.17) is 4.42 Å². The maximum absolute atomic E-state index is 12.9. The van der Waals surface area contributed by atoms with Crippen molar-refractivity contribution >= 4 is 5.91 Å². The smallest absolute Gasteiger partial charge is 0.230 e. The molecule has 1 fully saturated rings. The van der Waals surface area contributed by atoms with Gasteiger partial charge in [0.2, 0.25) is 5.91 Å². The van der Waals surface area contributed by atoms with Gasteiger partial charge in [-0.3, -0.25) is 4.79 Å². The summed E-state index contributed by atoms with van der Waals surface area (Å²) in [5, 5.41) is 0. The topological polar surface area (TPSA) is 51.3 Å². The third kappa shape index (κ3) is 3.05. The molecule has 1 amide bonds. The molecular weight excluding hydrogens is 290 g/mol. The molecule has 1 saturated heterocycles. The summed E-state index contributed by atoms with van der Waals surface area (Å²) in [6.45, 7) is 9.44. The van der Waals surface area contributed by atoms with E-state index in [0.29, 0.717) is 6.04 Å². The average Bonchev–Trinajstić information content (AvgIpc) is 3.11. The SMILES string of the molecule is Cc1cc([C@@H](C)C(=O)N2CCC[C@H](n3ccnc3C)C2)c(C)o1. The summed E-state index contributed by atoms with van der Waals surface area (Å²) in [6, 6.07) is 2.31. The van der Waals surface area contributed by atoms with Crippen molar-refractivity contribution in [1.82, 2.24) is 14.5 Å². The summed E-state index contributed by atoms with van der Waals surface area (Å²) in [4.78, 5) is 19.2. The molecule has 3 heterocycles. The first kappa shape index (κ1) is 15.8. The number of aryl methyl sites for hydroxylation is 3. The van der Waals surface area contributed by atoms with E-state index < -0.39 is 0 Å². The molecule has 5 nitrogen and oxygen atoms in total. The monoisotopic (exact) mass is 315 g/mol. The van der Waals surface area contributed by atoms with E-state index in [1.54, 1.807) is 0 Å². The molecule has 0 spiro atoms. The number of furan rings is 1. The molecule has 2 aromatic rings. The summed E-state index contributed by atoms with van der Waals surface area (Å²) < 4.78 is 7.78. The molecule has 0 aliphatic carbocycles. The Labute approximate surface area is 137 Å². The van der Waals surface area contributed by atoms with Crippen LogP contribution >= 0.6 is 0 Å². The van der Waals surface area contributed by atoms with Gasteiger partial charge >= 0.3 is 0 Å². The number of carbonyl (C=O) groups excluding carboxylic acids is 1. The maximum Gasteiger partial charge on any atom is 0.230 e. The molecule has 5 heteroatoms. The van der Waals surface area contributed by atoms with Crippen LogP contribution in [-0.4, -0.2) is 33.4 Å². The molecule has 23 heavy (non-hydrogen) atoms.